The van der Waals surface area contributed by atoms with Gasteiger partial charge in [-0.25, -0.2) is 0 Å². The van der Waals surface area contributed by atoms with Crippen molar-refractivity contribution in [2.45, 2.75) is 51.0 Å². The standard InChI is InChI=1S/C28H37N3O6/c1-2-3-13-30(14-6-15-32)26(33)18-31-17-22(20-8-11-24-25(16-20)37-19-36-24)27(28(34)35)23(31)10-9-21-7-4-5-12-29-21/h4-5,7-8,11-12,16,22-23,27,32H,2-3,6,9-10,13-15,17-19H2,1H3,(H,34,35)/t22?,23-,27+/m1/s1. The van der Waals surface area contributed by atoms with Crippen molar-refractivity contribution in [3.63, 3.8) is 0 Å². The summed E-state index contributed by atoms with van der Waals surface area (Å²) >= 11 is 0. The number of carboxylic acid groups (broad SMARTS) is 1. The van der Waals surface area contributed by atoms with Crippen LogP contribution in [0.1, 0.15) is 49.8 Å². The number of carbonyl (C=O) groups is 2. The van der Waals surface area contributed by atoms with Gasteiger partial charge in [0.05, 0.1) is 12.5 Å². The molecule has 3 heterocycles. The molecule has 2 aliphatic heterocycles. The number of hydrogen-bond acceptors (Lipinski definition) is 7. The van der Waals surface area contributed by atoms with Crippen LogP contribution in [-0.2, 0) is 16.0 Å². The Morgan fingerprint density at radius 3 is 2.68 bits per heavy atom. The van der Waals surface area contributed by atoms with Gasteiger partial charge in [0.2, 0.25) is 12.7 Å². The number of fused-ring (bicyclic) bond motifs is 1. The number of unbranched alkanes of at least 4 members (excludes halogenated alkanes) is 1. The fourth-order valence-electron chi connectivity index (χ4n) is 5.42. The van der Waals surface area contributed by atoms with E-state index >= 15 is 0 Å². The molecule has 200 valence electrons. The van der Waals surface area contributed by atoms with E-state index in [1.54, 1.807) is 11.1 Å². The highest BCUT2D eigenvalue weighted by Crippen LogP contribution is 2.43. The second-order valence-electron chi connectivity index (χ2n) is 9.75. The van der Waals surface area contributed by atoms with E-state index in [0.717, 1.165) is 24.1 Å². The van der Waals surface area contributed by atoms with Crippen molar-refractivity contribution in [1.82, 2.24) is 14.8 Å². The quantitative estimate of drug-likeness (QED) is 0.422. The van der Waals surface area contributed by atoms with E-state index in [0.29, 0.717) is 50.4 Å². The maximum atomic E-state index is 13.4. The Labute approximate surface area is 218 Å². The molecule has 2 aromatic rings. The van der Waals surface area contributed by atoms with Crippen molar-refractivity contribution in [2.24, 2.45) is 5.92 Å². The molecule has 9 heteroatoms. The molecule has 4 rings (SSSR count). The van der Waals surface area contributed by atoms with Gasteiger partial charge in [0.25, 0.3) is 0 Å². The third-order valence-electron chi connectivity index (χ3n) is 7.34. The zero-order valence-electron chi connectivity index (χ0n) is 21.4. The second-order valence-corrected chi connectivity index (χ2v) is 9.75. The largest absolute Gasteiger partial charge is 0.481 e. The number of amides is 1. The Kier molecular flexibility index (Phi) is 9.35. The predicted molar refractivity (Wildman–Crippen MR) is 138 cm³/mol. The van der Waals surface area contributed by atoms with Crippen LogP contribution in [0.2, 0.25) is 0 Å². The van der Waals surface area contributed by atoms with Crippen LogP contribution in [-0.4, -0.2) is 82.5 Å². The average molecular weight is 512 g/mol. The molecule has 1 saturated heterocycles. The molecule has 9 nitrogen and oxygen atoms in total. The molecular formula is C28H37N3O6. The van der Waals surface area contributed by atoms with E-state index in [-0.39, 0.29) is 37.8 Å². The summed E-state index contributed by atoms with van der Waals surface area (Å²) in [6, 6.07) is 11.0. The third kappa shape index (κ3) is 6.59. The van der Waals surface area contributed by atoms with E-state index in [1.165, 1.54) is 0 Å². The maximum Gasteiger partial charge on any atom is 0.308 e. The first-order valence-electron chi connectivity index (χ1n) is 13.2. The SMILES string of the molecule is CCCCN(CCCO)C(=O)CN1CC(c2ccc3c(c2)OCO3)[C@H](C(=O)O)[C@H]1CCc1ccccn1. The molecule has 2 N–H and O–H groups in total. The second kappa shape index (κ2) is 12.9. The van der Waals surface area contributed by atoms with E-state index in [1.807, 2.05) is 41.3 Å². The van der Waals surface area contributed by atoms with Gasteiger partial charge in [-0.1, -0.05) is 25.5 Å². The number of hydrogen-bond donors (Lipinski definition) is 2. The zero-order chi connectivity index (χ0) is 26.2. The van der Waals surface area contributed by atoms with Gasteiger partial charge in [-0.2, -0.15) is 0 Å². The lowest BCUT2D eigenvalue weighted by Crippen LogP contribution is -2.45. The number of carboxylic acids is 1. The van der Waals surface area contributed by atoms with Crippen molar-refractivity contribution in [3.05, 3.63) is 53.9 Å². The Balaban J connectivity index is 1.59. The highest BCUT2D eigenvalue weighted by atomic mass is 16.7. The smallest absolute Gasteiger partial charge is 0.308 e. The summed E-state index contributed by atoms with van der Waals surface area (Å²) in [7, 11) is 0. The van der Waals surface area contributed by atoms with Crippen molar-refractivity contribution in [1.29, 1.82) is 0 Å². The van der Waals surface area contributed by atoms with Gasteiger partial charge in [0.15, 0.2) is 11.5 Å². The van der Waals surface area contributed by atoms with Gasteiger partial charge in [0.1, 0.15) is 0 Å². The first-order chi connectivity index (χ1) is 18.0. The highest BCUT2D eigenvalue weighted by molar-refractivity contribution is 5.79. The molecule has 0 bridgehead atoms. The van der Waals surface area contributed by atoms with Crippen LogP contribution in [0.15, 0.2) is 42.6 Å². The van der Waals surface area contributed by atoms with Crippen molar-refractivity contribution < 1.29 is 29.3 Å². The minimum Gasteiger partial charge on any atom is -0.481 e. The fourth-order valence-corrected chi connectivity index (χ4v) is 5.42. The van der Waals surface area contributed by atoms with Gasteiger partial charge in [-0.3, -0.25) is 19.5 Å². The van der Waals surface area contributed by atoms with E-state index in [9.17, 15) is 19.8 Å². The summed E-state index contributed by atoms with van der Waals surface area (Å²) in [6.07, 6.45) is 5.31. The van der Waals surface area contributed by atoms with E-state index in [4.69, 9.17) is 9.47 Å². The number of aryl methyl sites for hydroxylation is 1. The summed E-state index contributed by atoms with van der Waals surface area (Å²) in [5, 5.41) is 19.7. The average Bonchev–Trinajstić information content (AvgIpc) is 3.52. The van der Waals surface area contributed by atoms with Gasteiger partial charge < -0.3 is 24.6 Å². The van der Waals surface area contributed by atoms with Crippen LogP contribution in [0.25, 0.3) is 0 Å². The van der Waals surface area contributed by atoms with Crippen LogP contribution < -0.4 is 9.47 Å². The normalized spacial score (nSPS) is 20.8. The van der Waals surface area contributed by atoms with E-state index in [2.05, 4.69) is 11.9 Å². The summed E-state index contributed by atoms with van der Waals surface area (Å²) in [4.78, 5) is 34.3. The molecule has 0 saturated carbocycles. The molecule has 1 amide bonds. The van der Waals surface area contributed by atoms with Crippen molar-refractivity contribution in [3.8, 4) is 11.5 Å². The number of aliphatic hydroxyl groups excluding tert-OH is 1. The fraction of sp³-hybridized carbons (Fsp3) is 0.536. The number of benzene rings is 1. The third-order valence-corrected chi connectivity index (χ3v) is 7.34. The number of likely N-dealkylation sites (tertiary alicyclic amines) is 1. The van der Waals surface area contributed by atoms with Crippen LogP contribution in [0.4, 0.5) is 0 Å². The topological polar surface area (TPSA) is 112 Å². The van der Waals surface area contributed by atoms with Gasteiger partial charge in [0, 0.05) is 50.1 Å². The number of ether oxygens (including phenoxy) is 2. The number of aliphatic carboxylic acids is 1. The number of carbonyl (C=O) groups excluding carboxylic acids is 1. The molecule has 0 spiro atoms. The first-order valence-corrected chi connectivity index (χ1v) is 13.2. The summed E-state index contributed by atoms with van der Waals surface area (Å²) in [5.41, 5.74) is 1.77. The lowest BCUT2D eigenvalue weighted by molar-refractivity contribution is -0.143. The highest BCUT2D eigenvalue weighted by Gasteiger charge is 2.47. The van der Waals surface area contributed by atoms with Crippen LogP contribution in [0.3, 0.4) is 0 Å². The van der Waals surface area contributed by atoms with E-state index < -0.39 is 11.9 Å². The maximum absolute atomic E-state index is 13.4. The lowest BCUT2D eigenvalue weighted by atomic mass is 9.83. The monoisotopic (exact) mass is 511 g/mol. The Hall–Kier alpha value is -3.17. The summed E-state index contributed by atoms with van der Waals surface area (Å²) < 4.78 is 11.0. The number of aliphatic hydroxyl groups is 1. The van der Waals surface area contributed by atoms with Crippen LogP contribution in [0.5, 0.6) is 11.5 Å². The van der Waals surface area contributed by atoms with Crippen LogP contribution in [0, 0.1) is 5.92 Å². The lowest BCUT2D eigenvalue weighted by Gasteiger charge is -2.29. The number of nitrogens with zero attached hydrogens (tertiary/aromatic N) is 3. The molecule has 0 radical (unpaired) electrons. The first kappa shape index (κ1) is 26.9. The zero-order valence-corrected chi connectivity index (χ0v) is 21.4. The number of aromatic nitrogens is 1. The molecule has 1 fully saturated rings. The molecule has 3 atom stereocenters. The van der Waals surface area contributed by atoms with Gasteiger partial charge >= 0.3 is 5.97 Å². The predicted octanol–water partition coefficient (Wildman–Crippen LogP) is 2.92. The molecule has 0 aliphatic carbocycles. The minimum atomic E-state index is -0.869. The Morgan fingerprint density at radius 2 is 1.95 bits per heavy atom. The molecule has 2 aliphatic rings. The molecule has 1 unspecified atom stereocenters. The van der Waals surface area contributed by atoms with Crippen molar-refractivity contribution >= 4 is 11.9 Å². The Bertz CT molecular complexity index is 1040. The van der Waals surface area contributed by atoms with Crippen molar-refractivity contribution in [2.75, 3.05) is 39.6 Å². The minimum absolute atomic E-state index is 0.0274. The number of pyridine rings is 1. The molecule has 1 aromatic carbocycles. The number of rotatable bonds is 13. The summed E-state index contributed by atoms with van der Waals surface area (Å²) in [5.74, 6) is -0.598. The summed E-state index contributed by atoms with van der Waals surface area (Å²) in [6.45, 7) is 3.99. The Morgan fingerprint density at radius 1 is 1.14 bits per heavy atom. The molecular weight excluding hydrogens is 474 g/mol. The van der Waals surface area contributed by atoms with Crippen LogP contribution >= 0.6 is 0 Å². The molecule has 37 heavy (non-hydrogen) atoms. The van der Waals surface area contributed by atoms with Gasteiger partial charge in [-0.15, -0.1) is 0 Å². The molecule has 1 aromatic heterocycles. The van der Waals surface area contributed by atoms with Gasteiger partial charge in [-0.05, 0) is 55.5 Å².